The molecule has 26 heavy (non-hydrogen) atoms. The summed E-state index contributed by atoms with van der Waals surface area (Å²) >= 11 is 0. The van der Waals surface area contributed by atoms with Crippen LogP contribution in [0.25, 0.3) is 0 Å². The second kappa shape index (κ2) is 6.38. The number of carbonyl (C=O) groups excluding carboxylic acids is 2. The molecule has 140 valence electrons. The number of likely N-dealkylation sites (tertiary alicyclic amines) is 1. The molecule has 0 unspecified atom stereocenters. The van der Waals surface area contributed by atoms with E-state index in [2.05, 4.69) is 43.1 Å². The van der Waals surface area contributed by atoms with Gasteiger partial charge in [0.1, 0.15) is 0 Å². The highest BCUT2D eigenvalue weighted by molar-refractivity contribution is 6.34. The van der Waals surface area contributed by atoms with Gasteiger partial charge in [0.05, 0.1) is 0 Å². The first kappa shape index (κ1) is 17.5. The minimum absolute atomic E-state index is 0.0917. The van der Waals surface area contributed by atoms with Gasteiger partial charge in [0.15, 0.2) is 0 Å². The highest BCUT2D eigenvalue weighted by Gasteiger charge is 2.62. The number of likely N-dealkylation sites (N-methyl/N-ethyl adjacent to an activating group) is 2. The fraction of sp³-hybridized carbons (Fsp3) is 0.619. The molecule has 3 fully saturated rings. The van der Waals surface area contributed by atoms with Crippen molar-refractivity contribution in [2.45, 2.75) is 37.6 Å². The van der Waals surface area contributed by atoms with Crippen LogP contribution in [0, 0.1) is 12.8 Å². The lowest BCUT2D eigenvalue weighted by Crippen LogP contribution is -2.46. The van der Waals surface area contributed by atoms with Gasteiger partial charge in [-0.15, -0.1) is 0 Å². The molecule has 1 heterocycles. The molecule has 1 aromatic rings. The quantitative estimate of drug-likeness (QED) is 0.755. The first-order valence-electron chi connectivity index (χ1n) is 9.72. The molecule has 0 spiro atoms. The molecule has 3 aliphatic rings. The monoisotopic (exact) mass is 355 g/mol. The standard InChI is InChI=1S/C21H29N3O2/c1-15-4-6-16(7-5-15)21-12-17(21)13-24(14-21)20(26)19(25)23(3)11-10-22(2)18-8-9-18/h4-7,17-18H,8-14H2,1-3H3/t17-,21+/m0/s1. The van der Waals surface area contributed by atoms with Gasteiger partial charge in [-0.05, 0) is 44.7 Å². The number of nitrogens with zero attached hydrogens (tertiary/aromatic N) is 3. The van der Waals surface area contributed by atoms with Crippen LogP contribution < -0.4 is 0 Å². The zero-order valence-corrected chi connectivity index (χ0v) is 16.1. The summed E-state index contributed by atoms with van der Waals surface area (Å²) in [5, 5.41) is 0. The van der Waals surface area contributed by atoms with Crippen LogP contribution in [-0.2, 0) is 15.0 Å². The summed E-state index contributed by atoms with van der Waals surface area (Å²) in [4.78, 5) is 30.9. The molecule has 5 nitrogen and oxygen atoms in total. The van der Waals surface area contributed by atoms with Gasteiger partial charge in [0, 0.05) is 44.7 Å². The third kappa shape index (κ3) is 3.13. The first-order chi connectivity index (χ1) is 12.4. The summed E-state index contributed by atoms with van der Waals surface area (Å²) in [5.41, 5.74) is 2.66. The molecule has 1 aromatic carbocycles. The Hall–Kier alpha value is -1.88. The van der Waals surface area contributed by atoms with Gasteiger partial charge in [0.2, 0.25) is 0 Å². The third-order valence-corrected chi connectivity index (χ3v) is 6.55. The summed E-state index contributed by atoms with van der Waals surface area (Å²) in [6, 6.07) is 9.32. The van der Waals surface area contributed by atoms with Gasteiger partial charge in [-0.2, -0.15) is 0 Å². The van der Waals surface area contributed by atoms with Crippen molar-refractivity contribution in [2.24, 2.45) is 5.92 Å². The molecule has 0 bridgehead atoms. The van der Waals surface area contributed by atoms with E-state index in [-0.39, 0.29) is 17.2 Å². The second-order valence-corrected chi connectivity index (χ2v) is 8.55. The number of hydrogen-bond donors (Lipinski definition) is 0. The van der Waals surface area contributed by atoms with Gasteiger partial charge in [-0.1, -0.05) is 29.8 Å². The summed E-state index contributed by atoms with van der Waals surface area (Å²) in [7, 11) is 3.84. The molecule has 2 saturated carbocycles. The molecular weight excluding hydrogens is 326 g/mol. The van der Waals surface area contributed by atoms with Crippen LogP contribution in [0.1, 0.15) is 30.4 Å². The SMILES string of the molecule is Cc1ccc([C@]23C[C@H]2CN(C(=O)C(=O)N(C)CCN(C)C2CC2)C3)cc1. The van der Waals surface area contributed by atoms with Crippen molar-refractivity contribution in [3.05, 3.63) is 35.4 Å². The van der Waals surface area contributed by atoms with E-state index in [1.807, 2.05) is 0 Å². The molecule has 5 heteroatoms. The van der Waals surface area contributed by atoms with E-state index in [9.17, 15) is 9.59 Å². The van der Waals surface area contributed by atoms with E-state index in [0.717, 1.165) is 13.0 Å². The van der Waals surface area contributed by atoms with E-state index in [1.54, 1.807) is 16.8 Å². The second-order valence-electron chi connectivity index (χ2n) is 8.55. The molecule has 1 aliphatic heterocycles. The topological polar surface area (TPSA) is 43.9 Å². The minimum Gasteiger partial charge on any atom is -0.336 e. The Morgan fingerprint density at radius 3 is 2.50 bits per heavy atom. The van der Waals surface area contributed by atoms with Crippen molar-refractivity contribution in [3.63, 3.8) is 0 Å². The number of hydrogen-bond acceptors (Lipinski definition) is 3. The van der Waals surface area contributed by atoms with E-state index in [4.69, 9.17) is 0 Å². The number of amides is 2. The third-order valence-electron chi connectivity index (χ3n) is 6.55. The number of aryl methyl sites for hydroxylation is 1. The number of fused-ring (bicyclic) bond motifs is 1. The lowest BCUT2D eigenvalue weighted by Gasteiger charge is -2.25. The Kier molecular flexibility index (Phi) is 4.30. The maximum atomic E-state index is 12.7. The minimum atomic E-state index is -0.366. The van der Waals surface area contributed by atoms with Crippen molar-refractivity contribution < 1.29 is 9.59 Å². The smallest absolute Gasteiger partial charge is 0.312 e. The van der Waals surface area contributed by atoms with E-state index >= 15 is 0 Å². The Morgan fingerprint density at radius 1 is 1.15 bits per heavy atom. The van der Waals surface area contributed by atoms with Crippen LogP contribution in [0.15, 0.2) is 24.3 Å². The molecule has 0 aromatic heterocycles. The van der Waals surface area contributed by atoms with Gasteiger partial charge in [0.25, 0.3) is 0 Å². The van der Waals surface area contributed by atoms with Gasteiger partial charge in [-0.3, -0.25) is 9.59 Å². The lowest BCUT2D eigenvalue weighted by atomic mass is 9.94. The Morgan fingerprint density at radius 2 is 1.85 bits per heavy atom. The van der Waals surface area contributed by atoms with Crippen molar-refractivity contribution in [1.82, 2.24) is 14.7 Å². The van der Waals surface area contributed by atoms with Gasteiger partial charge < -0.3 is 14.7 Å². The average Bonchev–Trinajstić information content (AvgIpc) is 3.56. The van der Waals surface area contributed by atoms with Crippen LogP contribution in [0.5, 0.6) is 0 Å². The summed E-state index contributed by atoms with van der Waals surface area (Å²) < 4.78 is 0. The largest absolute Gasteiger partial charge is 0.336 e. The summed E-state index contributed by atoms with van der Waals surface area (Å²) in [6.45, 7) is 4.93. The van der Waals surface area contributed by atoms with Crippen LogP contribution in [0.4, 0.5) is 0 Å². The molecular formula is C21H29N3O2. The predicted molar refractivity (Wildman–Crippen MR) is 101 cm³/mol. The molecule has 2 amide bonds. The highest BCUT2D eigenvalue weighted by atomic mass is 16.2. The van der Waals surface area contributed by atoms with E-state index in [0.29, 0.717) is 31.6 Å². The van der Waals surface area contributed by atoms with Crippen molar-refractivity contribution in [2.75, 3.05) is 40.3 Å². The molecule has 0 radical (unpaired) electrons. The van der Waals surface area contributed by atoms with E-state index < -0.39 is 0 Å². The maximum absolute atomic E-state index is 12.7. The van der Waals surface area contributed by atoms with Gasteiger partial charge in [-0.25, -0.2) is 0 Å². The fourth-order valence-electron chi connectivity index (χ4n) is 4.38. The van der Waals surface area contributed by atoms with E-state index in [1.165, 1.54) is 24.0 Å². The summed E-state index contributed by atoms with van der Waals surface area (Å²) in [5.74, 6) is -0.192. The molecule has 2 atom stereocenters. The lowest BCUT2D eigenvalue weighted by molar-refractivity contribution is -0.150. The zero-order valence-electron chi connectivity index (χ0n) is 16.1. The van der Waals surface area contributed by atoms with Crippen molar-refractivity contribution in [1.29, 1.82) is 0 Å². The molecule has 4 rings (SSSR count). The molecule has 2 aliphatic carbocycles. The number of benzene rings is 1. The number of piperidine rings is 1. The first-order valence-corrected chi connectivity index (χ1v) is 9.72. The molecule has 1 saturated heterocycles. The van der Waals surface area contributed by atoms with Crippen LogP contribution in [-0.4, -0.2) is 72.8 Å². The predicted octanol–water partition coefficient (Wildman–Crippen LogP) is 1.65. The number of rotatable bonds is 5. The normalized spacial score (nSPS) is 26.8. The van der Waals surface area contributed by atoms with Crippen LogP contribution in [0.2, 0.25) is 0 Å². The molecule has 0 N–H and O–H groups in total. The Balaban J connectivity index is 1.34. The maximum Gasteiger partial charge on any atom is 0.312 e. The van der Waals surface area contributed by atoms with Crippen LogP contribution in [0.3, 0.4) is 0 Å². The summed E-state index contributed by atoms with van der Waals surface area (Å²) in [6.07, 6.45) is 3.64. The fourth-order valence-corrected chi connectivity index (χ4v) is 4.38. The van der Waals surface area contributed by atoms with Gasteiger partial charge >= 0.3 is 11.8 Å². The Labute approximate surface area is 155 Å². The van der Waals surface area contributed by atoms with Crippen molar-refractivity contribution in [3.8, 4) is 0 Å². The zero-order chi connectivity index (χ0) is 18.5. The average molecular weight is 355 g/mol. The van der Waals surface area contributed by atoms with Crippen LogP contribution >= 0.6 is 0 Å². The van der Waals surface area contributed by atoms with Crippen molar-refractivity contribution >= 4 is 11.8 Å². The number of carbonyl (C=O) groups is 2. The Bertz CT molecular complexity index is 712. The highest BCUT2D eigenvalue weighted by Crippen LogP contribution is 2.59.